The lowest BCUT2D eigenvalue weighted by Gasteiger charge is -2.09. The second kappa shape index (κ2) is 9.52. The molecule has 11 nitrogen and oxygen atoms in total. The lowest BCUT2D eigenvalue weighted by molar-refractivity contribution is 0.0697. The number of furan rings is 1. The molecule has 0 saturated carbocycles. The van der Waals surface area contributed by atoms with E-state index in [1.54, 1.807) is 18.2 Å². The first kappa shape index (κ1) is 22.5. The van der Waals surface area contributed by atoms with Gasteiger partial charge in [-0.05, 0) is 64.9 Å². The Morgan fingerprint density at radius 2 is 1.77 bits per heavy atom. The van der Waals surface area contributed by atoms with Crippen molar-refractivity contribution in [3.05, 3.63) is 75.4 Å². The lowest BCUT2D eigenvalue weighted by atomic mass is 10.1. The topological polar surface area (TPSA) is 152 Å². The van der Waals surface area contributed by atoms with Crippen LogP contribution in [0.25, 0.3) is 22.6 Å². The molecule has 0 amide bonds. The first-order valence-corrected chi connectivity index (χ1v) is 11.1. The molecule has 0 aliphatic carbocycles. The molecule has 0 fully saturated rings. The van der Waals surface area contributed by atoms with Crippen molar-refractivity contribution in [3.63, 3.8) is 0 Å². The van der Waals surface area contributed by atoms with Crippen LogP contribution in [0, 0.1) is 0 Å². The number of fused-ring (bicyclic) bond motifs is 1. The molecule has 0 aliphatic heterocycles. The fourth-order valence-electron chi connectivity index (χ4n) is 3.05. The number of nitrogens with one attached hydrogen (secondary N) is 2. The van der Waals surface area contributed by atoms with E-state index in [0.717, 1.165) is 10.2 Å². The molecule has 5 rings (SSSR count). The van der Waals surface area contributed by atoms with Gasteiger partial charge in [0.2, 0.25) is 11.3 Å². The number of carboxylic acid groups (broad SMARTS) is 1. The quantitative estimate of drug-likeness (QED) is 0.172. The van der Waals surface area contributed by atoms with Crippen LogP contribution in [0.2, 0.25) is 5.02 Å². The Balaban J connectivity index is 1.37. The number of rotatable bonds is 7. The lowest BCUT2D eigenvalue weighted by Crippen LogP contribution is -2.03. The summed E-state index contributed by atoms with van der Waals surface area (Å²) in [5.74, 6) is 0.387. The number of aromatic nitrogens is 4. The van der Waals surface area contributed by atoms with Gasteiger partial charge in [0.1, 0.15) is 11.5 Å². The Morgan fingerprint density at radius 1 is 1.03 bits per heavy atom. The standard InChI is InChI=1S/C22H13BrClN7O4/c23-12-2-4-13(5-3-12)26-18-19(28-21-20(27-18)30-35-31-21)29-25-10-14-6-8-17(34-14)11-1-7-16(24)15(9-11)22(32)33/h1-10H,(H,32,33)(H,26,27,30)(H,28,29,31). The SMILES string of the molecule is O=C(O)c1cc(-c2ccc(C=NNc3nc4nonc4nc3Nc3ccc(Br)cc3)o2)ccc1Cl. The van der Waals surface area contributed by atoms with E-state index in [0.29, 0.717) is 22.9 Å². The molecule has 35 heavy (non-hydrogen) atoms. The fourth-order valence-corrected chi connectivity index (χ4v) is 3.51. The van der Waals surface area contributed by atoms with Crippen LogP contribution in [0.15, 0.2) is 73.2 Å². The van der Waals surface area contributed by atoms with E-state index >= 15 is 0 Å². The maximum Gasteiger partial charge on any atom is 0.337 e. The molecule has 0 spiro atoms. The van der Waals surface area contributed by atoms with Gasteiger partial charge in [0.05, 0.1) is 16.8 Å². The Bertz CT molecular complexity index is 1570. The predicted molar refractivity (Wildman–Crippen MR) is 132 cm³/mol. The second-order valence-corrected chi connectivity index (χ2v) is 8.36. The smallest absolute Gasteiger partial charge is 0.337 e. The number of carboxylic acids is 1. The van der Waals surface area contributed by atoms with E-state index < -0.39 is 5.97 Å². The summed E-state index contributed by atoms with van der Waals surface area (Å²) in [5, 5.41) is 24.2. The van der Waals surface area contributed by atoms with Gasteiger partial charge in [0, 0.05) is 15.7 Å². The zero-order chi connectivity index (χ0) is 24.4. The number of hydrazone groups is 1. The number of hydrogen-bond donors (Lipinski definition) is 3. The summed E-state index contributed by atoms with van der Waals surface area (Å²) in [4.78, 5) is 20.1. The van der Waals surface area contributed by atoms with Gasteiger partial charge in [0.25, 0.3) is 0 Å². The van der Waals surface area contributed by atoms with E-state index in [9.17, 15) is 9.90 Å². The molecule has 3 heterocycles. The molecular formula is C22H13BrClN7O4. The number of carbonyl (C=O) groups is 1. The van der Waals surface area contributed by atoms with Crippen LogP contribution < -0.4 is 10.7 Å². The molecule has 5 aromatic rings. The van der Waals surface area contributed by atoms with Gasteiger partial charge in [-0.25, -0.2) is 14.4 Å². The Labute approximate surface area is 209 Å². The van der Waals surface area contributed by atoms with Crippen LogP contribution in [0.5, 0.6) is 0 Å². The number of hydrogen-bond acceptors (Lipinski definition) is 10. The largest absolute Gasteiger partial charge is 0.478 e. The Kier molecular flexibility index (Phi) is 6.12. The highest BCUT2D eigenvalue weighted by Crippen LogP contribution is 2.27. The zero-order valence-electron chi connectivity index (χ0n) is 17.4. The van der Waals surface area contributed by atoms with Gasteiger partial charge in [-0.2, -0.15) is 10.1 Å². The molecular weight excluding hydrogens is 542 g/mol. The average Bonchev–Trinajstić information content (AvgIpc) is 3.50. The molecule has 0 unspecified atom stereocenters. The Hall–Kier alpha value is -4.29. The van der Waals surface area contributed by atoms with Gasteiger partial charge < -0.3 is 14.8 Å². The highest BCUT2D eigenvalue weighted by molar-refractivity contribution is 9.10. The molecule has 0 radical (unpaired) electrons. The molecule has 174 valence electrons. The Morgan fingerprint density at radius 3 is 2.51 bits per heavy atom. The van der Waals surface area contributed by atoms with Crippen LogP contribution in [0.1, 0.15) is 16.1 Å². The third-order valence-corrected chi connectivity index (χ3v) is 5.55. The van der Waals surface area contributed by atoms with Crippen LogP contribution in [0.3, 0.4) is 0 Å². The number of anilines is 3. The molecule has 0 aliphatic rings. The van der Waals surface area contributed by atoms with Gasteiger partial charge in [0.15, 0.2) is 11.6 Å². The van der Waals surface area contributed by atoms with Crippen molar-refractivity contribution in [3.8, 4) is 11.3 Å². The normalized spacial score (nSPS) is 11.3. The van der Waals surface area contributed by atoms with Crippen LogP contribution >= 0.6 is 27.5 Å². The molecule has 3 N–H and O–H groups in total. The minimum absolute atomic E-state index is 0.0143. The highest BCUT2D eigenvalue weighted by Gasteiger charge is 2.14. The van der Waals surface area contributed by atoms with Crippen LogP contribution in [-0.2, 0) is 0 Å². The average molecular weight is 555 g/mol. The third-order valence-electron chi connectivity index (χ3n) is 4.69. The van der Waals surface area contributed by atoms with Crippen LogP contribution in [-0.4, -0.2) is 37.6 Å². The molecule has 3 aromatic heterocycles. The molecule has 2 aromatic carbocycles. The van der Waals surface area contributed by atoms with Crippen molar-refractivity contribution in [2.45, 2.75) is 0 Å². The molecule has 0 atom stereocenters. The number of nitrogens with zero attached hydrogens (tertiary/aromatic N) is 5. The van der Waals surface area contributed by atoms with E-state index in [2.05, 4.69) is 52.1 Å². The molecule has 0 saturated heterocycles. The summed E-state index contributed by atoms with van der Waals surface area (Å²) < 4.78 is 11.4. The van der Waals surface area contributed by atoms with E-state index in [4.69, 9.17) is 20.6 Å². The van der Waals surface area contributed by atoms with Crippen molar-refractivity contribution in [1.82, 2.24) is 20.3 Å². The summed E-state index contributed by atoms with van der Waals surface area (Å²) in [6, 6.07) is 15.5. The number of aromatic carboxylic acids is 1. The van der Waals surface area contributed by atoms with Crippen molar-refractivity contribution in [2.24, 2.45) is 5.10 Å². The first-order valence-electron chi connectivity index (χ1n) is 9.91. The van der Waals surface area contributed by atoms with Gasteiger partial charge in [-0.3, -0.25) is 5.43 Å². The first-order chi connectivity index (χ1) is 17.0. The van der Waals surface area contributed by atoms with E-state index in [-0.39, 0.29) is 27.7 Å². The van der Waals surface area contributed by atoms with Crippen molar-refractivity contribution in [2.75, 3.05) is 10.7 Å². The maximum atomic E-state index is 11.3. The number of benzene rings is 2. The third kappa shape index (κ3) is 4.98. The monoisotopic (exact) mass is 553 g/mol. The summed E-state index contributed by atoms with van der Waals surface area (Å²) in [6.45, 7) is 0. The second-order valence-electron chi connectivity index (χ2n) is 7.04. The van der Waals surface area contributed by atoms with Crippen molar-refractivity contribution in [1.29, 1.82) is 0 Å². The summed E-state index contributed by atoms with van der Waals surface area (Å²) in [7, 11) is 0. The minimum atomic E-state index is -1.12. The summed E-state index contributed by atoms with van der Waals surface area (Å²) in [6.07, 6.45) is 1.44. The van der Waals surface area contributed by atoms with Gasteiger partial charge >= 0.3 is 5.97 Å². The van der Waals surface area contributed by atoms with Crippen molar-refractivity contribution >= 4 is 68.3 Å². The van der Waals surface area contributed by atoms with Gasteiger partial charge in [-0.15, -0.1) is 0 Å². The zero-order valence-corrected chi connectivity index (χ0v) is 19.8. The van der Waals surface area contributed by atoms with Gasteiger partial charge in [-0.1, -0.05) is 27.5 Å². The minimum Gasteiger partial charge on any atom is -0.478 e. The maximum absolute atomic E-state index is 11.3. The summed E-state index contributed by atoms with van der Waals surface area (Å²) in [5.41, 5.74) is 4.58. The van der Waals surface area contributed by atoms with E-state index in [1.807, 2.05) is 24.3 Å². The molecule has 0 bridgehead atoms. The van der Waals surface area contributed by atoms with Crippen LogP contribution in [0.4, 0.5) is 17.3 Å². The fraction of sp³-hybridized carbons (Fsp3) is 0. The highest BCUT2D eigenvalue weighted by atomic mass is 79.9. The summed E-state index contributed by atoms with van der Waals surface area (Å²) >= 11 is 9.34. The predicted octanol–water partition coefficient (Wildman–Crippen LogP) is 5.58. The van der Waals surface area contributed by atoms with E-state index in [1.165, 1.54) is 18.3 Å². The van der Waals surface area contributed by atoms with Crippen molar-refractivity contribution < 1.29 is 18.9 Å². The molecule has 13 heteroatoms. The number of halogens is 2.